The third kappa shape index (κ3) is 3.66. The Morgan fingerprint density at radius 1 is 1.14 bits per heavy atom. The Balaban J connectivity index is 1.50. The predicted octanol–water partition coefficient (Wildman–Crippen LogP) is 4.01. The molecule has 2 aliphatic rings. The largest absolute Gasteiger partial charge is 0.326 e. The molecule has 1 aliphatic heterocycles. The smallest absolute Gasteiger partial charge is 0.244 e. The first-order valence-electron chi connectivity index (χ1n) is 9.23. The number of carbonyl (C=O) groups excluding carboxylic acids is 1. The fourth-order valence-corrected chi connectivity index (χ4v) is 5.70. The van der Waals surface area contributed by atoms with E-state index < -0.39 is 10.0 Å². The molecular weight excluding hydrogens is 403 g/mol. The zero-order valence-electron chi connectivity index (χ0n) is 15.1. The van der Waals surface area contributed by atoms with Gasteiger partial charge in [-0.05, 0) is 55.0 Å². The molecule has 0 aromatic heterocycles. The van der Waals surface area contributed by atoms with Crippen LogP contribution in [0.5, 0.6) is 0 Å². The fourth-order valence-electron chi connectivity index (χ4n) is 3.69. The van der Waals surface area contributed by atoms with Crippen molar-refractivity contribution in [3.05, 3.63) is 58.9 Å². The molecule has 28 heavy (non-hydrogen) atoms. The molecule has 2 aromatic carbocycles. The molecule has 1 saturated heterocycles. The minimum Gasteiger partial charge on any atom is -0.326 e. The third-order valence-electron chi connectivity index (χ3n) is 5.31. The van der Waals surface area contributed by atoms with Gasteiger partial charge in [0.2, 0.25) is 15.9 Å². The second kappa shape index (κ2) is 7.46. The minimum absolute atomic E-state index is 0.00434. The van der Waals surface area contributed by atoms with Crippen molar-refractivity contribution in [3.8, 4) is 0 Å². The Morgan fingerprint density at radius 3 is 2.57 bits per heavy atom. The molecule has 2 fully saturated rings. The molecule has 1 saturated carbocycles. The van der Waals surface area contributed by atoms with E-state index in [4.69, 9.17) is 11.6 Å². The second-order valence-corrected chi connectivity index (χ2v) is 9.53. The quantitative estimate of drug-likeness (QED) is 0.791. The minimum atomic E-state index is -3.69. The zero-order valence-corrected chi connectivity index (χ0v) is 16.6. The van der Waals surface area contributed by atoms with E-state index in [0.29, 0.717) is 30.8 Å². The molecule has 2 aromatic rings. The predicted molar refractivity (Wildman–Crippen MR) is 105 cm³/mol. The van der Waals surface area contributed by atoms with Gasteiger partial charge in [0, 0.05) is 24.7 Å². The number of hydrogen-bond donors (Lipinski definition) is 1. The topological polar surface area (TPSA) is 66.5 Å². The van der Waals surface area contributed by atoms with Crippen LogP contribution in [-0.4, -0.2) is 31.7 Å². The highest BCUT2D eigenvalue weighted by atomic mass is 35.5. The van der Waals surface area contributed by atoms with E-state index in [-0.39, 0.29) is 33.5 Å². The molecule has 0 radical (unpaired) electrons. The third-order valence-corrected chi connectivity index (χ3v) is 7.69. The Morgan fingerprint density at radius 2 is 1.86 bits per heavy atom. The Bertz CT molecular complexity index is 1020. The summed E-state index contributed by atoms with van der Waals surface area (Å²) in [5.41, 5.74) is 0.905. The molecule has 0 spiro atoms. The molecule has 5 nitrogen and oxygen atoms in total. The van der Waals surface area contributed by atoms with Gasteiger partial charge in [-0.15, -0.1) is 0 Å². The van der Waals surface area contributed by atoms with Crippen LogP contribution in [-0.2, 0) is 14.8 Å². The van der Waals surface area contributed by atoms with Crippen molar-refractivity contribution in [2.75, 3.05) is 18.4 Å². The van der Waals surface area contributed by atoms with Gasteiger partial charge in [-0.3, -0.25) is 4.79 Å². The number of hydrogen-bond acceptors (Lipinski definition) is 3. The SMILES string of the molecule is O=C(Nc1ccc(Cl)c(S(=O)(=O)N2CCCC2)c1)C1CC1c1ccccc1F. The van der Waals surface area contributed by atoms with Gasteiger partial charge in [-0.1, -0.05) is 29.8 Å². The summed E-state index contributed by atoms with van der Waals surface area (Å²) in [5, 5.41) is 2.88. The average molecular weight is 423 g/mol. The van der Waals surface area contributed by atoms with E-state index in [2.05, 4.69) is 5.32 Å². The van der Waals surface area contributed by atoms with E-state index in [9.17, 15) is 17.6 Å². The normalized spacial score (nSPS) is 22.2. The highest BCUT2D eigenvalue weighted by Crippen LogP contribution is 2.48. The number of nitrogens with one attached hydrogen (secondary N) is 1. The van der Waals surface area contributed by atoms with Crippen molar-refractivity contribution < 1.29 is 17.6 Å². The molecule has 1 heterocycles. The lowest BCUT2D eigenvalue weighted by Gasteiger charge is -2.17. The van der Waals surface area contributed by atoms with Gasteiger partial charge in [0.05, 0.1) is 5.02 Å². The summed E-state index contributed by atoms with van der Waals surface area (Å²) in [6.07, 6.45) is 2.22. The maximum Gasteiger partial charge on any atom is 0.244 e. The van der Waals surface area contributed by atoms with Gasteiger partial charge in [0.25, 0.3) is 0 Å². The summed E-state index contributed by atoms with van der Waals surface area (Å²) in [6, 6.07) is 10.9. The number of nitrogens with zero attached hydrogens (tertiary/aromatic N) is 1. The van der Waals surface area contributed by atoms with Gasteiger partial charge in [0.15, 0.2) is 0 Å². The maximum absolute atomic E-state index is 13.9. The van der Waals surface area contributed by atoms with Crippen molar-refractivity contribution in [1.82, 2.24) is 4.31 Å². The first-order chi connectivity index (χ1) is 13.4. The second-order valence-electron chi connectivity index (χ2n) is 7.22. The van der Waals surface area contributed by atoms with Crippen LogP contribution >= 0.6 is 11.6 Å². The van der Waals surface area contributed by atoms with Crippen LogP contribution in [0.25, 0.3) is 0 Å². The summed E-state index contributed by atoms with van der Waals surface area (Å²) < 4.78 is 40.9. The molecule has 2 atom stereocenters. The molecular formula is C20H20ClFN2O3S. The lowest BCUT2D eigenvalue weighted by atomic mass is 10.1. The van der Waals surface area contributed by atoms with Crippen molar-refractivity contribution >= 4 is 33.2 Å². The first kappa shape index (κ1) is 19.4. The number of sulfonamides is 1. The summed E-state index contributed by atoms with van der Waals surface area (Å²) in [4.78, 5) is 12.5. The van der Waals surface area contributed by atoms with Crippen LogP contribution in [0.4, 0.5) is 10.1 Å². The van der Waals surface area contributed by atoms with Gasteiger partial charge >= 0.3 is 0 Å². The van der Waals surface area contributed by atoms with Crippen molar-refractivity contribution in [1.29, 1.82) is 0 Å². The number of halogens is 2. The van der Waals surface area contributed by atoms with Crippen LogP contribution in [0.1, 0.15) is 30.7 Å². The molecule has 1 amide bonds. The maximum atomic E-state index is 13.9. The number of amides is 1. The van der Waals surface area contributed by atoms with E-state index in [0.717, 1.165) is 12.8 Å². The van der Waals surface area contributed by atoms with E-state index in [1.54, 1.807) is 24.3 Å². The Hall–Kier alpha value is -1.96. The first-order valence-corrected chi connectivity index (χ1v) is 11.0. The average Bonchev–Trinajstić information content (AvgIpc) is 3.25. The summed E-state index contributed by atoms with van der Waals surface area (Å²) in [7, 11) is -3.69. The van der Waals surface area contributed by atoms with Crippen LogP contribution in [0.3, 0.4) is 0 Å². The zero-order chi connectivity index (χ0) is 19.9. The molecule has 0 bridgehead atoms. The summed E-state index contributed by atoms with van der Waals surface area (Å²) in [5.74, 6) is -1.04. The van der Waals surface area contributed by atoms with E-state index in [1.807, 2.05) is 0 Å². The highest BCUT2D eigenvalue weighted by molar-refractivity contribution is 7.89. The van der Waals surface area contributed by atoms with Gasteiger partial charge < -0.3 is 5.32 Å². The van der Waals surface area contributed by atoms with Crippen LogP contribution in [0.15, 0.2) is 47.4 Å². The van der Waals surface area contributed by atoms with E-state index in [1.165, 1.54) is 22.5 Å². The lowest BCUT2D eigenvalue weighted by molar-refractivity contribution is -0.117. The van der Waals surface area contributed by atoms with Crippen molar-refractivity contribution in [2.24, 2.45) is 5.92 Å². The van der Waals surface area contributed by atoms with Crippen LogP contribution in [0.2, 0.25) is 5.02 Å². The number of anilines is 1. The van der Waals surface area contributed by atoms with Gasteiger partial charge in [0.1, 0.15) is 10.7 Å². The molecule has 1 aliphatic carbocycles. The fraction of sp³-hybridized carbons (Fsp3) is 0.350. The summed E-state index contributed by atoms with van der Waals surface area (Å²) >= 11 is 6.13. The monoisotopic (exact) mass is 422 g/mol. The van der Waals surface area contributed by atoms with Crippen LogP contribution in [0, 0.1) is 11.7 Å². The number of benzene rings is 2. The molecule has 2 unspecified atom stereocenters. The molecule has 148 valence electrons. The standard InChI is InChI=1S/C20H20ClFN2O3S/c21-17-8-7-13(11-19(17)28(26,27)24-9-3-4-10-24)23-20(25)16-12-15(16)14-5-1-2-6-18(14)22/h1-2,5-8,11,15-16H,3-4,9-10,12H2,(H,23,25). The van der Waals surface area contributed by atoms with Crippen LogP contribution < -0.4 is 5.32 Å². The van der Waals surface area contributed by atoms with Crippen molar-refractivity contribution in [3.63, 3.8) is 0 Å². The number of rotatable bonds is 5. The Kier molecular flexibility index (Phi) is 5.16. The molecule has 8 heteroatoms. The molecule has 1 N–H and O–H groups in total. The number of carbonyl (C=O) groups is 1. The highest BCUT2D eigenvalue weighted by Gasteiger charge is 2.45. The van der Waals surface area contributed by atoms with Gasteiger partial charge in [-0.2, -0.15) is 4.31 Å². The molecule has 4 rings (SSSR count). The van der Waals surface area contributed by atoms with Crippen molar-refractivity contribution in [2.45, 2.75) is 30.1 Å². The Labute approximate surface area is 168 Å². The lowest BCUT2D eigenvalue weighted by Crippen LogP contribution is -2.28. The van der Waals surface area contributed by atoms with Gasteiger partial charge in [-0.25, -0.2) is 12.8 Å². The summed E-state index contributed by atoms with van der Waals surface area (Å²) in [6.45, 7) is 0.948. The van der Waals surface area contributed by atoms with E-state index >= 15 is 0 Å².